The van der Waals surface area contributed by atoms with Gasteiger partial charge >= 0.3 is 0 Å². The smallest absolute Gasteiger partial charge is 0.281 e. The van der Waals surface area contributed by atoms with Gasteiger partial charge in [0.25, 0.3) is 5.91 Å². The Morgan fingerprint density at radius 2 is 1.68 bits per heavy atom. The number of aliphatic imine (C=N–C) groups is 1. The zero-order valence-corrected chi connectivity index (χ0v) is 16.6. The molecule has 1 amide bonds. The van der Waals surface area contributed by atoms with Crippen molar-refractivity contribution in [3.8, 4) is 11.3 Å². The van der Waals surface area contributed by atoms with Crippen LogP contribution in [0.15, 0.2) is 59.6 Å². The molecule has 4 N–H and O–H groups in total. The van der Waals surface area contributed by atoms with Crippen molar-refractivity contribution in [3.63, 3.8) is 0 Å². The van der Waals surface area contributed by atoms with Crippen molar-refractivity contribution in [2.24, 2.45) is 16.5 Å². The topological polar surface area (TPSA) is 94.4 Å². The van der Waals surface area contributed by atoms with E-state index in [0.717, 1.165) is 40.6 Å². The maximum Gasteiger partial charge on any atom is 0.281 e. The summed E-state index contributed by atoms with van der Waals surface area (Å²) in [7, 11) is 0. The first-order valence-corrected chi connectivity index (χ1v) is 9.47. The number of fused-ring (bicyclic) bond motifs is 1. The van der Waals surface area contributed by atoms with Gasteiger partial charge in [0, 0.05) is 10.9 Å². The molecule has 5 heteroatoms. The van der Waals surface area contributed by atoms with E-state index < -0.39 is 5.91 Å². The Bertz CT molecular complexity index is 1040. The summed E-state index contributed by atoms with van der Waals surface area (Å²) in [6.07, 6.45) is 1.87. The molecule has 0 bridgehead atoms. The van der Waals surface area contributed by atoms with Crippen LogP contribution in [0.1, 0.15) is 49.5 Å². The molecule has 1 heterocycles. The average molecular weight is 374 g/mol. The van der Waals surface area contributed by atoms with Gasteiger partial charge < -0.3 is 11.5 Å². The van der Waals surface area contributed by atoms with Crippen LogP contribution in [-0.2, 0) is 5.41 Å². The summed E-state index contributed by atoms with van der Waals surface area (Å²) >= 11 is 0. The highest BCUT2D eigenvalue weighted by Crippen LogP contribution is 2.40. The Balaban J connectivity index is 2.48. The largest absolute Gasteiger partial charge is 0.370 e. The summed E-state index contributed by atoms with van der Waals surface area (Å²) in [6, 6.07) is 17.6. The lowest BCUT2D eigenvalue weighted by Gasteiger charge is -2.30. The number of carbonyl (C=O) groups is 1. The van der Waals surface area contributed by atoms with Crippen LogP contribution >= 0.6 is 0 Å². The molecule has 5 nitrogen and oxygen atoms in total. The Kier molecular flexibility index (Phi) is 5.45. The molecule has 2 aromatic carbocycles. The molecule has 3 aromatic rings. The highest BCUT2D eigenvalue weighted by Gasteiger charge is 2.31. The van der Waals surface area contributed by atoms with Crippen LogP contribution in [0.5, 0.6) is 0 Å². The molecule has 3 rings (SSSR count). The summed E-state index contributed by atoms with van der Waals surface area (Å²) in [6.45, 7) is 6.41. The normalized spacial score (nSPS) is 11.4. The van der Waals surface area contributed by atoms with Crippen molar-refractivity contribution in [2.45, 2.75) is 39.0 Å². The highest BCUT2D eigenvalue weighted by atomic mass is 16.1. The zero-order chi connectivity index (χ0) is 20.3. The minimum Gasteiger partial charge on any atom is -0.370 e. The lowest BCUT2D eigenvalue weighted by molar-refractivity contribution is 0.100. The number of nitrogens with two attached hydrogens (primary N) is 2. The Labute approximate surface area is 165 Å². The van der Waals surface area contributed by atoms with E-state index in [-0.39, 0.29) is 11.4 Å². The number of pyridine rings is 1. The first-order chi connectivity index (χ1) is 13.3. The van der Waals surface area contributed by atoms with Crippen LogP contribution < -0.4 is 11.5 Å². The van der Waals surface area contributed by atoms with Gasteiger partial charge in [-0.2, -0.15) is 4.99 Å². The number of nitrogens with zero attached hydrogens (tertiary/aromatic N) is 2. The van der Waals surface area contributed by atoms with Crippen molar-refractivity contribution in [3.05, 3.63) is 65.7 Å². The second kappa shape index (κ2) is 7.80. The van der Waals surface area contributed by atoms with Crippen LogP contribution in [0.3, 0.4) is 0 Å². The maximum absolute atomic E-state index is 13.1. The van der Waals surface area contributed by atoms with Gasteiger partial charge in [0.2, 0.25) is 0 Å². The second-order valence-electron chi connectivity index (χ2n) is 7.57. The average Bonchev–Trinajstić information content (AvgIpc) is 2.66. The molecular weight excluding hydrogens is 348 g/mol. The predicted octanol–water partition coefficient (Wildman–Crippen LogP) is 4.39. The van der Waals surface area contributed by atoms with E-state index in [2.05, 4.69) is 25.8 Å². The van der Waals surface area contributed by atoms with Crippen LogP contribution in [0.2, 0.25) is 0 Å². The molecular formula is C23H26N4O. The minimum atomic E-state index is -0.435. The van der Waals surface area contributed by atoms with Crippen molar-refractivity contribution in [1.82, 2.24) is 4.98 Å². The van der Waals surface area contributed by atoms with E-state index >= 15 is 0 Å². The first kappa shape index (κ1) is 19.5. The summed E-state index contributed by atoms with van der Waals surface area (Å²) in [5, 5.41) is 0.761. The monoisotopic (exact) mass is 374 g/mol. The molecule has 0 atom stereocenters. The zero-order valence-electron chi connectivity index (χ0n) is 16.6. The third-order valence-corrected chi connectivity index (χ3v) is 4.94. The van der Waals surface area contributed by atoms with Crippen molar-refractivity contribution in [1.29, 1.82) is 0 Å². The fourth-order valence-corrected chi connectivity index (χ4v) is 3.82. The van der Waals surface area contributed by atoms with Gasteiger partial charge in [0.15, 0.2) is 5.96 Å². The SMILES string of the molecule is CCCC(C)(C)c1c(-c2ccccc2)nc2ccccc2c1C(=O)N=C(N)N. The van der Waals surface area contributed by atoms with Gasteiger partial charge in [-0.1, -0.05) is 75.7 Å². The molecule has 0 spiro atoms. The van der Waals surface area contributed by atoms with Gasteiger partial charge in [-0.15, -0.1) is 0 Å². The summed E-state index contributed by atoms with van der Waals surface area (Å²) in [4.78, 5) is 22.0. The van der Waals surface area contributed by atoms with Gasteiger partial charge in [-0.3, -0.25) is 4.79 Å². The molecule has 0 saturated carbocycles. The summed E-state index contributed by atoms with van der Waals surface area (Å²) in [5.41, 5.74) is 14.7. The van der Waals surface area contributed by atoms with Crippen LogP contribution in [0.4, 0.5) is 0 Å². The Hall–Kier alpha value is -3.21. The molecule has 28 heavy (non-hydrogen) atoms. The third-order valence-electron chi connectivity index (χ3n) is 4.94. The maximum atomic E-state index is 13.1. The van der Waals surface area contributed by atoms with Crippen molar-refractivity contribution < 1.29 is 4.79 Å². The number of amides is 1. The second-order valence-corrected chi connectivity index (χ2v) is 7.57. The number of hydrogen-bond donors (Lipinski definition) is 2. The first-order valence-electron chi connectivity index (χ1n) is 9.47. The number of aromatic nitrogens is 1. The minimum absolute atomic E-state index is 0.244. The van der Waals surface area contributed by atoms with Gasteiger partial charge in [0.1, 0.15) is 0 Å². The number of para-hydroxylation sites is 1. The molecule has 1 aromatic heterocycles. The van der Waals surface area contributed by atoms with Crippen LogP contribution in [-0.4, -0.2) is 16.9 Å². The van der Waals surface area contributed by atoms with Gasteiger partial charge in [-0.25, -0.2) is 4.98 Å². The van der Waals surface area contributed by atoms with Gasteiger partial charge in [-0.05, 0) is 23.5 Å². The summed E-state index contributed by atoms with van der Waals surface area (Å²) in [5.74, 6) is -0.679. The van der Waals surface area contributed by atoms with Gasteiger partial charge in [0.05, 0.1) is 16.8 Å². The van der Waals surface area contributed by atoms with Crippen molar-refractivity contribution >= 4 is 22.8 Å². The third kappa shape index (κ3) is 3.74. The standard InChI is InChI=1S/C23H26N4O/c1-4-14-23(2,3)19-18(21(28)27-22(24)25)16-12-8-9-13-17(16)26-20(19)15-10-6-5-7-11-15/h5-13H,4,14H2,1-3H3,(H4,24,25,27,28). The fourth-order valence-electron chi connectivity index (χ4n) is 3.82. The molecule has 0 saturated heterocycles. The fraction of sp³-hybridized carbons (Fsp3) is 0.261. The molecule has 0 aliphatic heterocycles. The molecule has 0 aliphatic carbocycles. The number of rotatable bonds is 5. The Morgan fingerprint density at radius 3 is 2.32 bits per heavy atom. The highest BCUT2D eigenvalue weighted by molar-refractivity contribution is 6.12. The molecule has 0 fully saturated rings. The van der Waals surface area contributed by atoms with Crippen LogP contribution in [0.25, 0.3) is 22.2 Å². The van der Waals surface area contributed by atoms with E-state index in [1.54, 1.807) is 0 Å². The van der Waals surface area contributed by atoms with E-state index in [1.165, 1.54) is 0 Å². The predicted molar refractivity (Wildman–Crippen MR) is 115 cm³/mol. The molecule has 0 aliphatic rings. The number of guanidine groups is 1. The lowest BCUT2D eigenvalue weighted by Crippen LogP contribution is -2.27. The van der Waals surface area contributed by atoms with Crippen LogP contribution in [0, 0.1) is 0 Å². The quantitative estimate of drug-likeness (QED) is 0.511. The van der Waals surface area contributed by atoms with Crippen molar-refractivity contribution in [2.75, 3.05) is 0 Å². The lowest BCUT2D eigenvalue weighted by atomic mass is 9.75. The van der Waals surface area contributed by atoms with E-state index in [1.807, 2.05) is 54.6 Å². The van der Waals surface area contributed by atoms with E-state index in [4.69, 9.17) is 16.5 Å². The number of carbonyl (C=O) groups excluding carboxylic acids is 1. The molecule has 0 unspecified atom stereocenters. The molecule has 0 radical (unpaired) electrons. The number of benzene rings is 2. The number of hydrogen-bond acceptors (Lipinski definition) is 2. The van der Waals surface area contributed by atoms with E-state index in [0.29, 0.717) is 5.56 Å². The van der Waals surface area contributed by atoms with E-state index in [9.17, 15) is 4.79 Å². The summed E-state index contributed by atoms with van der Waals surface area (Å²) < 4.78 is 0. The molecule has 144 valence electrons. The Morgan fingerprint density at radius 1 is 1.04 bits per heavy atom.